The Labute approximate surface area is 127 Å². The number of hydrogen-bond donors (Lipinski definition) is 3. The van der Waals surface area contributed by atoms with Gasteiger partial charge in [-0.25, -0.2) is 0 Å². The van der Waals surface area contributed by atoms with E-state index in [2.05, 4.69) is 15.6 Å². The maximum atomic E-state index is 12.2. The van der Waals surface area contributed by atoms with Gasteiger partial charge in [0, 0.05) is 0 Å². The van der Waals surface area contributed by atoms with E-state index >= 15 is 0 Å². The second-order valence-corrected chi connectivity index (χ2v) is 7.90. The molecule has 1 aliphatic rings. The molecule has 0 aromatic rings. The molecule has 0 fully saturated rings. The molecule has 1 heterocycles. The molecule has 0 atom stereocenters. The van der Waals surface area contributed by atoms with Crippen molar-refractivity contribution in [3.05, 3.63) is 0 Å². The predicted molar refractivity (Wildman–Crippen MR) is 84.2 cm³/mol. The van der Waals surface area contributed by atoms with Gasteiger partial charge in [0.15, 0.2) is 0 Å². The number of carbonyl (C=O) groups is 2. The van der Waals surface area contributed by atoms with Crippen LogP contribution in [-0.2, 0) is 9.59 Å². The zero-order valence-electron chi connectivity index (χ0n) is 14.3. The van der Waals surface area contributed by atoms with Crippen LogP contribution in [0, 0.1) is 0 Å². The second-order valence-electron chi connectivity index (χ2n) is 7.90. The Kier molecular flexibility index (Phi) is 4.03. The third kappa shape index (κ3) is 3.61. The maximum absolute atomic E-state index is 12.2. The quantitative estimate of drug-likeness (QED) is 0.717. The first kappa shape index (κ1) is 17.6. The minimum absolute atomic E-state index is 0.127. The monoisotopic (exact) mass is 296 g/mol. The van der Waals surface area contributed by atoms with Crippen molar-refractivity contribution in [2.75, 3.05) is 0 Å². The average Bonchev–Trinajstić information content (AvgIpc) is 2.21. The molecule has 0 aromatic carbocycles. The van der Waals surface area contributed by atoms with E-state index in [9.17, 15) is 9.59 Å². The molecule has 120 valence electrons. The SMILES string of the molecule is CC(C)(N)C(=O)NC(C)(C)C1=NC(C)(C)C(=O)NC1(C)C. The lowest BCUT2D eigenvalue weighted by atomic mass is 9.80. The van der Waals surface area contributed by atoms with E-state index in [1.165, 1.54) is 0 Å². The summed E-state index contributed by atoms with van der Waals surface area (Å²) in [5.41, 5.74) is 3.37. The number of hydrogen-bond acceptors (Lipinski definition) is 4. The number of nitrogens with one attached hydrogen (secondary N) is 2. The van der Waals surface area contributed by atoms with E-state index in [1.54, 1.807) is 27.7 Å². The van der Waals surface area contributed by atoms with Gasteiger partial charge < -0.3 is 16.4 Å². The highest BCUT2D eigenvalue weighted by Gasteiger charge is 2.47. The van der Waals surface area contributed by atoms with Crippen LogP contribution in [0.15, 0.2) is 4.99 Å². The Bertz CT molecular complexity index is 496. The topological polar surface area (TPSA) is 96.6 Å². The van der Waals surface area contributed by atoms with Crippen LogP contribution in [0.4, 0.5) is 0 Å². The molecular weight excluding hydrogens is 268 g/mol. The van der Waals surface area contributed by atoms with Crippen molar-refractivity contribution in [3.63, 3.8) is 0 Å². The minimum Gasteiger partial charge on any atom is -0.344 e. The summed E-state index contributed by atoms with van der Waals surface area (Å²) in [5, 5.41) is 5.89. The van der Waals surface area contributed by atoms with Crippen molar-refractivity contribution in [1.82, 2.24) is 10.6 Å². The fourth-order valence-corrected chi connectivity index (χ4v) is 2.39. The summed E-state index contributed by atoms with van der Waals surface area (Å²) >= 11 is 0. The van der Waals surface area contributed by atoms with Crippen molar-refractivity contribution < 1.29 is 9.59 Å². The summed E-state index contributed by atoms with van der Waals surface area (Å²) in [6.45, 7) is 14.3. The van der Waals surface area contributed by atoms with Crippen LogP contribution in [0.5, 0.6) is 0 Å². The van der Waals surface area contributed by atoms with E-state index in [0.717, 1.165) is 5.71 Å². The van der Waals surface area contributed by atoms with Gasteiger partial charge in [0.05, 0.1) is 22.3 Å². The lowest BCUT2D eigenvalue weighted by molar-refractivity contribution is -0.126. The molecule has 2 amide bonds. The maximum Gasteiger partial charge on any atom is 0.248 e. The Balaban J connectivity index is 3.22. The van der Waals surface area contributed by atoms with Gasteiger partial charge >= 0.3 is 0 Å². The summed E-state index contributed by atoms with van der Waals surface area (Å²) in [6, 6.07) is 0. The highest BCUT2D eigenvalue weighted by molar-refractivity contribution is 6.09. The largest absolute Gasteiger partial charge is 0.344 e. The van der Waals surface area contributed by atoms with E-state index in [0.29, 0.717) is 0 Å². The predicted octanol–water partition coefficient (Wildman–Crippen LogP) is 0.747. The van der Waals surface area contributed by atoms with Gasteiger partial charge in [-0.05, 0) is 55.4 Å². The number of aliphatic imine (C=N–C) groups is 1. The fraction of sp³-hybridized carbons (Fsp3) is 0.800. The van der Waals surface area contributed by atoms with Crippen molar-refractivity contribution in [2.45, 2.75) is 77.5 Å². The lowest BCUT2D eigenvalue weighted by Gasteiger charge is -2.45. The first-order valence-corrected chi connectivity index (χ1v) is 7.14. The lowest BCUT2D eigenvalue weighted by Crippen LogP contribution is -2.69. The number of rotatable bonds is 3. The highest BCUT2D eigenvalue weighted by Crippen LogP contribution is 2.27. The van der Waals surface area contributed by atoms with Crippen LogP contribution >= 0.6 is 0 Å². The van der Waals surface area contributed by atoms with Crippen molar-refractivity contribution >= 4 is 17.5 Å². The zero-order chi connectivity index (χ0) is 16.9. The number of nitrogens with zero attached hydrogens (tertiary/aromatic N) is 1. The third-order valence-corrected chi connectivity index (χ3v) is 3.57. The summed E-state index contributed by atoms with van der Waals surface area (Å²) < 4.78 is 0. The molecule has 0 bridgehead atoms. The molecule has 4 N–H and O–H groups in total. The molecule has 21 heavy (non-hydrogen) atoms. The van der Waals surface area contributed by atoms with E-state index in [1.807, 2.05) is 27.7 Å². The molecule has 0 aromatic heterocycles. The van der Waals surface area contributed by atoms with Gasteiger partial charge in [0.2, 0.25) is 11.8 Å². The first-order valence-electron chi connectivity index (χ1n) is 7.14. The molecule has 0 saturated carbocycles. The molecule has 0 saturated heterocycles. The van der Waals surface area contributed by atoms with Gasteiger partial charge in [0.25, 0.3) is 0 Å². The number of amides is 2. The van der Waals surface area contributed by atoms with Gasteiger partial charge in [-0.2, -0.15) is 0 Å². The van der Waals surface area contributed by atoms with Gasteiger partial charge in [-0.3, -0.25) is 14.6 Å². The Morgan fingerprint density at radius 3 is 2.10 bits per heavy atom. The molecule has 0 spiro atoms. The van der Waals surface area contributed by atoms with Crippen LogP contribution in [0.3, 0.4) is 0 Å². The van der Waals surface area contributed by atoms with Crippen molar-refractivity contribution in [3.8, 4) is 0 Å². The molecule has 0 radical (unpaired) electrons. The highest BCUT2D eigenvalue weighted by atomic mass is 16.2. The molecule has 1 rings (SSSR count). The van der Waals surface area contributed by atoms with Crippen LogP contribution in [0.25, 0.3) is 0 Å². The fourth-order valence-electron chi connectivity index (χ4n) is 2.39. The zero-order valence-corrected chi connectivity index (χ0v) is 14.3. The summed E-state index contributed by atoms with van der Waals surface area (Å²) in [7, 11) is 0. The average molecular weight is 296 g/mol. The Morgan fingerprint density at radius 1 is 1.19 bits per heavy atom. The van der Waals surface area contributed by atoms with E-state index in [-0.39, 0.29) is 11.8 Å². The molecular formula is C15H28N4O2. The van der Waals surface area contributed by atoms with Gasteiger partial charge in [-0.1, -0.05) is 0 Å². The standard InChI is InChI=1S/C15H28N4O2/c1-12(2,16)10(20)18-13(3,4)9-14(5,6)19-11(21)15(7,8)17-9/h16H2,1-8H3,(H,18,20)(H,19,21). The van der Waals surface area contributed by atoms with Gasteiger partial charge in [0.1, 0.15) is 5.54 Å². The summed E-state index contributed by atoms with van der Waals surface area (Å²) in [6.07, 6.45) is 0. The van der Waals surface area contributed by atoms with Crippen molar-refractivity contribution in [1.29, 1.82) is 0 Å². The number of nitrogens with two attached hydrogens (primary N) is 1. The molecule has 6 heteroatoms. The molecule has 0 aliphatic carbocycles. The van der Waals surface area contributed by atoms with Gasteiger partial charge in [-0.15, -0.1) is 0 Å². The Hall–Kier alpha value is -1.43. The molecule has 0 unspecified atom stereocenters. The Morgan fingerprint density at radius 2 is 1.67 bits per heavy atom. The van der Waals surface area contributed by atoms with E-state index in [4.69, 9.17) is 5.73 Å². The third-order valence-electron chi connectivity index (χ3n) is 3.57. The molecule has 6 nitrogen and oxygen atoms in total. The van der Waals surface area contributed by atoms with E-state index < -0.39 is 22.2 Å². The first-order chi connectivity index (χ1) is 9.09. The smallest absolute Gasteiger partial charge is 0.248 e. The molecule has 1 aliphatic heterocycles. The summed E-state index contributed by atoms with van der Waals surface area (Å²) in [4.78, 5) is 28.8. The van der Waals surface area contributed by atoms with Crippen LogP contribution < -0.4 is 16.4 Å². The van der Waals surface area contributed by atoms with Crippen LogP contribution in [0.2, 0.25) is 0 Å². The summed E-state index contributed by atoms with van der Waals surface area (Å²) in [5.74, 6) is -0.391. The van der Waals surface area contributed by atoms with Crippen LogP contribution in [-0.4, -0.2) is 39.7 Å². The van der Waals surface area contributed by atoms with Crippen molar-refractivity contribution in [2.24, 2.45) is 10.7 Å². The normalized spacial score (nSPS) is 21.4. The second kappa shape index (κ2) is 4.80. The van der Waals surface area contributed by atoms with Crippen LogP contribution in [0.1, 0.15) is 55.4 Å². The minimum atomic E-state index is -0.977. The number of carbonyl (C=O) groups excluding carboxylic acids is 2.